The smallest absolute Gasteiger partial charge is 0.407 e. The van der Waals surface area contributed by atoms with E-state index < -0.39 is 36.4 Å². The number of hydrogen-bond acceptors (Lipinski definition) is 8. The Hall–Kier alpha value is -5.92. The molecule has 3 aromatic rings. The number of likely N-dealkylation sites (tertiary alicyclic amines) is 2. The molecule has 342 valence electrons. The molecule has 0 radical (unpaired) electrons. The number of ether oxygens (including phenoxy) is 2. The third-order valence-electron chi connectivity index (χ3n) is 13.7. The minimum atomic E-state index is -0.804. The summed E-state index contributed by atoms with van der Waals surface area (Å²) in [5.41, 5.74) is 6.35. The van der Waals surface area contributed by atoms with Gasteiger partial charge in [0.2, 0.25) is 23.6 Å². The van der Waals surface area contributed by atoms with Crippen molar-refractivity contribution in [2.24, 2.45) is 11.8 Å². The van der Waals surface area contributed by atoms with Gasteiger partial charge in [0.25, 0.3) is 0 Å². The number of carbonyl (C=O) groups is 6. The topological polar surface area (TPSA) is 175 Å². The van der Waals surface area contributed by atoms with Gasteiger partial charge in [-0.15, -0.1) is 0 Å². The molecule has 0 aromatic heterocycles. The van der Waals surface area contributed by atoms with Crippen molar-refractivity contribution in [1.82, 2.24) is 20.4 Å². The lowest BCUT2D eigenvalue weighted by Crippen LogP contribution is -2.54. The zero-order valence-corrected chi connectivity index (χ0v) is 37.9. The predicted octanol–water partition coefficient (Wildman–Crippen LogP) is 7.63. The summed E-state index contributed by atoms with van der Waals surface area (Å²) in [6.07, 6.45) is 5.48. The fourth-order valence-electron chi connectivity index (χ4n) is 10.1. The molecular formula is C50H64N6O8. The highest BCUT2D eigenvalue weighted by atomic mass is 16.5. The third-order valence-corrected chi connectivity index (χ3v) is 13.7. The van der Waals surface area contributed by atoms with Crippen LogP contribution in [0.25, 0.3) is 0 Å². The highest BCUT2D eigenvalue weighted by Gasteiger charge is 2.42. The summed E-state index contributed by atoms with van der Waals surface area (Å²) in [7, 11) is 2.51. The van der Waals surface area contributed by atoms with E-state index in [2.05, 4.69) is 69.8 Å². The zero-order valence-electron chi connectivity index (χ0n) is 37.9. The Morgan fingerprint density at radius 3 is 1.25 bits per heavy atom. The average molecular weight is 877 g/mol. The number of benzene rings is 3. The van der Waals surface area contributed by atoms with E-state index in [9.17, 15) is 28.8 Å². The molecule has 3 aromatic carbocycles. The van der Waals surface area contributed by atoms with Gasteiger partial charge < -0.3 is 40.5 Å². The van der Waals surface area contributed by atoms with Crippen molar-refractivity contribution < 1.29 is 38.2 Å². The molecule has 4 fully saturated rings. The molecule has 2 aliphatic heterocycles. The van der Waals surface area contributed by atoms with Crippen molar-refractivity contribution in [1.29, 1.82) is 0 Å². The molecule has 14 nitrogen and oxygen atoms in total. The van der Waals surface area contributed by atoms with Crippen LogP contribution in [0.2, 0.25) is 0 Å². The van der Waals surface area contributed by atoms with Crippen LogP contribution < -0.4 is 21.3 Å². The number of carbonyl (C=O) groups excluding carboxylic acids is 6. The molecule has 4 aliphatic rings. The predicted molar refractivity (Wildman–Crippen MR) is 244 cm³/mol. The number of nitrogens with one attached hydrogen (secondary N) is 4. The van der Waals surface area contributed by atoms with Crippen LogP contribution >= 0.6 is 0 Å². The molecule has 0 bridgehead atoms. The van der Waals surface area contributed by atoms with Gasteiger partial charge in [0.15, 0.2) is 0 Å². The molecule has 7 rings (SSSR count). The second kappa shape index (κ2) is 20.3. The van der Waals surface area contributed by atoms with Crippen LogP contribution in [0.1, 0.15) is 125 Å². The summed E-state index contributed by atoms with van der Waals surface area (Å²) in [5.74, 6) is -0.214. The maximum Gasteiger partial charge on any atom is 0.407 e. The quantitative estimate of drug-likeness (QED) is 0.128. The summed E-state index contributed by atoms with van der Waals surface area (Å²) in [6, 6.07) is 22.5. The van der Waals surface area contributed by atoms with E-state index in [-0.39, 0.29) is 53.2 Å². The van der Waals surface area contributed by atoms with Crippen LogP contribution in [0.15, 0.2) is 72.8 Å². The SMILES string of the molecule is COC(=O)N[C@H](C(=O)N1CCC[C@H]1C(=O)Nc1ccc(C2CCC(c3ccc(NC(=O)[C@@H]4CCCN4C(=O)[C@@H](NC(=O)OC)C(C)C)cc3)C2c2ccc(C3CC3)cc2)cc1)C(C)C. The Morgan fingerprint density at radius 2 is 0.891 bits per heavy atom. The number of nitrogens with zero attached hydrogens (tertiary/aromatic N) is 2. The van der Waals surface area contributed by atoms with E-state index in [4.69, 9.17) is 9.47 Å². The summed E-state index contributed by atoms with van der Waals surface area (Å²) in [6.45, 7) is 8.26. The molecule has 2 unspecified atom stereocenters. The first kappa shape index (κ1) is 46.1. The van der Waals surface area contributed by atoms with E-state index in [1.165, 1.54) is 49.3 Å². The molecule has 0 spiro atoms. The Morgan fingerprint density at radius 1 is 0.516 bits per heavy atom. The van der Waals surface area contributed by atoms with Gasteiger partial charge >= 0.3 is 12.2 Å². The third kappa shape index (κ3) is 10.4. The number of hydrogen-bond donors (Lipinski definition) is 4. The molecule has 4 N–H and O–H groups in total. The Bertz CT molecular complexity index is 2030. The van der Waals surface area contributed by atoms with Crippen LogP contribution in [0.3, 0.4) is 0 Å². The van der Waals surface area contributed by atoms with E-state index in [1.807, 2.05) is 52.0 Å². The normalized spacial score (nSPS) is 22.8. The van der Waals surface area contributed by atoms with Gasteiger partial charge in [0.1, 0.15) is 24.2 Å². The zero-order chi connectivity index (χ0) is 45.7. The second-order valence-electron chi connectivity index (χ2n) is 18.6. The Labute approximate surface area is 376 Å². The van der Waals surface area contributed by atoms with Crippen molar-refractivity contribution in [3.8, 4) is 0 Å². The first-order valence-electron chi connectivity index (χ1n) is 23.0. The number of alkyl carbamates (subject to hydrolysis) is 2. The summed E-state index contributed by atoms with van der Waals surface area (Å²) >= 11 is 0. The lowest BCUT2D eigenvalue weighted by Gasteiger charge is -2.30. The van der Waals surface area contributed by atoms with E-state index in [0.29, 0.717) is 56.1 Å². The molecule has 64 heavy (non-hydrogen) atoms. The molecular weight excluding hydrogens is 813 g/mol. The number of anilines is 2. The van der Waals surface area contributed by atoms with Gasteiger partial charge in [0, 0.05) is 24.5 Å². The van der Waals surface area contributed by atoms with Gasteiger partial charge in [-0.05, 0) is 133 Å². The fraction of sp³-hybridized carbons (Fsp3) is 0.520. The van der Waals surface area contributed by atoms with Crippen LogP contribution in [0, 0.1) is 11.8 Å². The van der Waals surface area contributed by atoms with Gasteiger partial charge in [0.05, 0.1) is 14.2 Å². The summed E-state index contributed by atoms with van der Waals surface area (Å²) in [4.78, 5) is 81.6. The molecule has 14 heteroatoms. The van der Waals surface area contributed by atoms with E-state index in [0.717, 1.165) is 12.8 Å². The molecule has 2 saturated carbocycles. The number of methoxy groups -OCH3 is 2. The van der Waals surface area contributed by atoms with Crippen LogP contribution in [-0.4, -0.2) is 97.1 Å². The van der Waals surface area contributed by atoms with Crippen molar-refractivity contribution in [2.75, 3.05) is 37.9 Å². The second-order valence-corrected chi connectivity index (χ2v) is 18.6. The minimum Gasteiger partial charge on any atom is -0.453 e. The van der Waals surface area contributed by atoms with Gasteiger partial charge in [-0.1, -0.05) is 76.2 Å². The van der Waals surface area contributed by atoms with Crippen LogP contribution in [0.5, 0.6) is 0 Å². The molecule has 6 amide bonds. The maximum absolute atomic E-state index is 13.7. The van der Waals surface area contributed by atoms with Gasteiger partial charge in [-0.2, -0.15) is 0 Å². The largest absolute Gasteiger partial charge is 0.453 e. The Balaban J connectivity index is 1.04. The number of amides is 6. The van der Waals surface area contributed by atoms with Gasteiger partial charge in [-0.3, -0.25) is 19.2 Å². The highest BCUT2D eigenvalue weighted by Crippen LogP contribution is 2.54. The summed E-state index contributed by atoms with van der Waals surface area (Å²) < 4.78 is 9.49. The summed E-state index contributed by atoms with van der Waals surface area (Å²) in [5, 5.41) is 11.4. The van der Waals surface area contributed by atoms with Crippen molar-refractivity contribution in [3.05, 3.63) is 95.1 Å². The van der Waals surface area contributed by atoms with Crippen molar-refractivity contribution >= 4 is 47.2 Å². The van der Waals surface area contributed by atoms with Crippen molar-refractivity contribution in [3.63, 3.8) is 0 Å². The minimum absolute atomic E-state index is 0.185. The standard InChI is InChI=1S/C50H64N6O8/c1-29(2)43(53-49(61)63-5)47(59)55-27-7-9-40(55)45(57)51-36-21-17-33(18-22-36)38-25-26-39(42(38)35-15-13-32(14-16-35)31-11-12-31)34-19-23-37(24-20-34)52-46(58)41-10-8-28-56(41)48(60)44(30(3)4)54-50(62)64-6/h13-24,29-31,38-44H,7-12,25-28H2,1-6H3,(H,51,57)(H,52,58)(H,53,61)(H,54,62)/t38?,39?,40-,41-,42?,43-,44-/m0/s1. The first-order chi connectivity index (χ1) is 30.8. The first-order valence-corrected chi connectivity index (χ1v) is 23.0. The average Bonchev–Trinajstić information content (AvgIpc) is 3.62. The Kier molecular flexibility index (Phi) is 14.6. The van der Waals surface area contributed by atoms with E-state index >= 15 is 0 Å². The highest BCUT2D eigenvalue weighted by molar-refractivity contribution is 5.99. The monoisotopic (exact) mass is 876 g/mol. The molecule has 6 atom stereocenters. The lowest BCUT2D eigenvalue weighted by atomic mass is 9.77. The van der Waals surface area contributed by atoms with Crippen LogP contribution in [-0.2, 0) is 28.7 Å². The lowest BCUT2D eigenvalue weighted by molar-refractivity contribution is -0.139. The molecule has 2 saturated heterocycles. The molecule has 2 heterocycles. The van der Waals surface area contributed by atoms with Crippen molar-refractivity contribution in [2.45, 2.75) is 127 Å². The molecule has 2 aliphatic carbocycles. The van der Waals surface area contributed by atoms with E-state index in [1.54, 1.807) is 9.80 Å². The van der Waals surface area contributed by atoms with Crippen LogP contribution in [0.4, 0.5) is 21.0 Å². The fourth-order valence-corrected chi connectivity index (χ4v) is 10.1. The number of rotatable bonds is 14. The maximum atomic E-state index is 13.7. The van der Waals surface area contributed by atoms with Gasteiger partial charge in [-0.25, -0.2) is 9.59 Å².